The first-order valence-electron chi connectivity index (χ1n) is 9.88. The van der Waals surface area contributed by atoms with Gasteiger partial charge in [0.05, 0.1) is 6.54 Å². The van der Waals surface area contributed by atoms with Crippen LogP contribution in [0.3, 0.4) is 0 Å². The highest BCUT2D eigenvalue weighted by Gasteiger charge is 2.17. The van der Waals surface area contributed by atoms with Gasteiger partial charge in [-0.05, 0) is 37.0 Å². The molecule has 0 bridgehead atoms. The van der Waals surface area contributed by atoms with E-state index in [9.17, 15) is 4.79 Å². The predicted octanol–water partition coefficient (Wildman–Crippen LogP) is 0.998. The van der Waals surface area contributed by atoms with E-state index in [4.69, 9.17) is 51.0 Å². The fourth-order valence-electron chi connectivity index (χ4n) is 2.60. The van der Waals surface area contributed by atoms with Crippen molar-refractivity contribution in [1.29, 1.82) is 0 Å². The maximum atomic E-state index is 12.2. The summed E-state index contributed by atoms with van der Waals surface area (Å²) in [6.07, 6.45) is 2.52. The van der Waals surface area contributed by atoms with Crippen molar-refractivity contribution in [3.05, 3.63) is 40.7 Å². The van der Waals surface area contributed by atoms with E-state index < -0.39 is 5.91 Å². The molecule has 1 amide bonds. The maximum absolute atomic E-state index is 12.2. The minimum Gasteiger partial charge on any atom is -0.492 e. The number of ether oxygens (including phenoxy) is 1. The van der Waals surface area contributed by atoms with E-state index in [1.54, 1.807) is 0 Å². The number of carbonyl (C=O) groups excluding carboxylic acids is 1. The number of nitrogens with two attached hydrogens (primary N) is 4. The molecular formula is C19H26Cl2N10O2. The van der Waals surface area contributed by atoms with Crippen LogP contribution in [-0.2, 0) is 6.42 Å². The maximum Gasteiger partial charge on any atom is 0.280 e. The van der Waals surface area contributed by atoms with Crippen LogP contribution in [0.1, 0.15) is 28.9 Å². The number of hydrogen-bond donors (Lipinski definition) is 6. The summed E-state index contributed by atoms with van der Waals surface area (Å²) >= 11 is 11.3. The van der Waals surface area contributed by atoms with Gasteiger partial charge in [-0.2, -0.15) is 0 Å². The molecule has 33 heavy (non-hydrogen) atoms. The Labute approximate surface area is 200 Å². The van der Waals surface area contributed by atoms with Gasteiger partial charge in [-0.15, -0.1) is 0 Å². The number of nitrogens with one attached hydrogen (secondary N) is 2. The molecule has 0 saturated carbocycles. The number of guanidine groups is 2. The highest BCUT2D eigenvalue weighted by molar-refractivity contribution is 6.34. The van der Waals surface area contributed by atoms with E-state index in [0.29, 0.717) is 19.7 Å². The minimum absolute atomic E-state index is 0.0408. The van der Waals surface area contributed by atoms with Crippen molar-refractivity contribution < 1.29 is 9.53 Å². The average Bonchev–Trinajstić information content (AvgIpc) is 2.78. The van der Waals surface area contributed by atoms with E-state index in [0.717, 1.165) is 30.6 Å². The van der Waals surface area contributed by atoms with Crippen LogP contribution in [0.2, 0.25) is 5.15 Å². The molecule has 0 fully saturated rings. The summed E-state index contributed by atoms with van der Waals surface area (Å²) < 4.78 is 5.55. The summed E-state index contributed by atoms with van der Waals surface area (Å²) in [5.74, 6) is -0.0552. The number of carbonyl (C=O) groups is 1. The van der Waals surface area contributed by atoms with Gasteiger partial charge in [-0.1, -0.05) is 23.7 Å². The number of aromatic nitrogens is 2. The van der Waals surface area contributed by atoms with Crippen LogP contribution >= 0.6 is 23.4 Å². The van der Waals surface area contributed by atoms with Crippen LogP contribution in [0.5, 0.6) is 5.75 Å². The third-order valence-corrected chi connectivity index (χ3v) is 4.60. The fraction of sp³-hybridized carbons (Fsp3) is 0.316. The monoisotopic (exact) mass is 496 g/mol. The summed E-state index contributed by atoms with van der Waals surface area (Å²) in [5.41, 5.74) is 23.0. The second-order valence-electron chi connectivity index (χ2n) is 6.67. The molecule has 0 aliphatic carbocycles. The zero-order chi connectivity index (χ0) is 24.2. The van der Waals surface area contributed by atoms with Gasteiger partial charge < -0.3 is 27.7 Å². The molecule has 0 aliphatic rings. The number of nitrogen functional groups attached to an aromatic ring is 1. The van der Waals surface area contributed by atoms with Crippen molar-refractivity contribution in [2.75, 3.05) is 30.3 Å². The first-order valence-corrected chi connectivity index (χ1v) is 10.6. The SMILES string of the molecule is NC(N)=NCCOc1ccc(CCCCN=C(N)NC(=O)c2nc(Cl)c(NCl)nc2N)cc1. The smallest absolute Gasteiger partial charge is 0.280 e. The Morgan fingerprint density at radius 1 is 1.06 bits per heavy atom. The van der Waals surface area contributed by atoms with Gasteiger partial charge in [0.25, 0.3) is 5.91 Å². The molecule has 0 saturated heterocycles. The van der Waals surface area contributed by atoms with Gasteiger partial charge in [0, 0.05) is 18.3 Å². The third kappa shape index (κ3) is 8.86. The Bertz CT molecular complexity index is 995. The number of amides is 1. The zero-order valence-electron chi connectivity index (χ0n) is 17.7. The van der Waals surface area contributed by atoms with E-state index in [2.05, 4.69) is 30.1 Å². The van der Waals surface area contributed by atoms with E-state index in [1.807, 2.05) is 24.3 Å². The topological polar surface area (TPSA) is 205 Å². The highest BCUT2D eigenvalue weighted by Crippen LogP contribution is 2.20. The largest absolute Gasteiger partial charge is 0.492 e. The van der Waals surface area contributed by atoms with Crippen LogP contribution < -0.4 is 37.8 Å². The molecule has 1 aromatic carbocycles. The number of unbranched alkanes of at least 4 members (excludes halogenated alkanes) is 1. The predicted molar refractivity (Wildman–Crippen MR) is 130 cm³/mol. The van der Waals surface area contributed by atoms with Gasteiger partial charge in [0.15, 0.2) is 34.4 Å². The number of aliphatic imine (C=N–C) groups is 2. The lowest BCUT2D eigenvalue weighted by Crippen LogP contribution is -2.38. The Morgan fingerprint density at radius 2 is 1.79 bits per heavy atom. The van der Waals surface area contributed by atoms with Gasteiger partial charge in [0.1, 0.15) is 12.4 Å². The molecule has 1 aromatic heterocycles. The van der Waals surface area contributed by atoms with Gasteiger partial charge >= 0.3 is 0 Å². The molecule has 10 N–H and O–H groups in total. The Balaban J connectivity index is 1.72. The van der Waals surface area contributed by atoms with Crippen LogP contribution in [0.25, 0.3) is 0 Å². The Kier molecular flexibility index (Phi) is 10.2. The number of nitrogens with zero attached hydrogens (tertiary/aromatic N) is 4. The standard InChI is InChI=1S/C19H26Cl2N10O2/c20-14-16(31-21)29-15(22)13(28-14)17(32)30-19(25)27-8-2-1-3-11-4-6-12(7-5-11)33-10-9-26-18(23)24/h4-7H,1-3,8-10H2,(H3,22,29,31)(H4,23,24,26)(H3,25,27,30,32). The van der Waals surface area contributed by atoms with Gasteiger partial charge in [-0.3, -0.25) is 24.9 Å². The van der Waals surface area contributed by atoms with E-state index >= 15 is 0 Å². The van der Waals surface area contributed by atoms with E-state index in [1.165, 1.54) is 0 Å². The molecule has 0 unspecified atom stereocenters. The van der Waals surface area contributed by atoms with Crippen molar-refractivity contribution in [2.24, 2.45) is 27.2 Å². The third-order valence-electron chi connectivity index (χ3n) is 4.16. The van der Waals surface area contributed by atoms with Gasteiger partial charge in [-0.25, -0.2) is 9.97 Å². The molecule has 0 atom stereocenters. The lowest BCUT2D eigenvalue weighted by Gasteiger charge is -2.08. The molecule has 14 heteroatoms. The zero-order valence-corrected chi connectivity index (χ0v) is 19.2. The number of rotatable bonds is 11. The molecule has 2 aromatic rings. The van der Waals surface area contributed by atoms with Crippen LogP contribution in [0.4, 0.5) is 11.6 Å². The lowest BCUT2D eigenvalue weighted by atomic mass is 10.1. The minimum atomic E-state index is -0.676. The van der Waals surface area contributed by atoms with E-state index in [-0.39, 0.29) is 34.4 Å². The first-order chi connectivity index (χ1) is 15.8. The van der Waals surface area contributed by atoms with Crippen LogP contribution in [0, 0.1) is 0 Å². The highest BCUT2D eigenvalue weighted by atomic mass is 35.5. The number of aryl methyl sites for hydroxylation is 1. The molecule has 2 rings (SSSR count). The first kappa shape index (κ1) is 25.7. The molecule has 0 spiro atoms. The number of hydrogen-bond acceptors (Lipinski definition) is 8. The normalized spacial score (nSPS) is 11.0. The second kappa shape index (κ2) is 13.1. The second-order valence-corrected chi connectivity index (χ2v) is 7.22. The summed E-state index contributed by atoms with van der Waals surface area (Å²) in [7, 11) is 0. The van der Waals surface area contributed by atoms with Crippen LogP contribution in [0.15, 0.2) is 34.3 Å². The molecular weight excluding hydrogens is 471 g/mol. The Morgan fingerprint density at radius 3 is 2.45 bits per heavy atom. The van der Waals surface area contributed by atoms with Gasteiger partial charge in [0.2, 0.25) is 0 Å². The number of anilines is 2. The quantitative estimate of drug-likeness (QED) is 0.113. The summed E-state index contributed by atoms with van der Waals surface area (Å²) in [4.78, 5) is 30.1. The molecule has 12 nitrogen and oxygen atoms in total. The Hall–Kier alpha value is -3.51. The number of halogens is 2. The van der Waals surface area contributed by atoms with Crippen molar-refractivity contribution in [3.63, 3.8) is 0 Å². The lowest BCUT2D eigenvalue weighted by molar-refractivity contribution is 0.0972. The molecule has 0 aliphatic heterocycles. The fourth-order valence-corrected chi connectivity index (χ4v) is 2.96. The van der Waals surface area contributed by atoms with Crippen molar-refractivity contribution >= 4 is 52.8 Å². The average molecular weight is 497 g/mol. The summed E-state index contributed by atoms with van der Waals surface area (Å²) in [6.45, 7) is 1.24. The summed E-state index contributed by atoms with van der Waals surface area (Å²) in [5, 5.41) is 2.30. The summed E-state index contributed by atoms with van der Waals surface area (Å²) in [6, 6.07) is 7.78. The van der Waals surface area contributed by atoms with Crippen LogP contribution in [-0.4, -0.2) is 47.5 Å². The van der Waals surface area contributed by atoms with Crippen molar-refractivity contribution in [3.8, 4) is 5.75 Å². The molecule has 178 valence electrons. The van der Waals surface area contributed by atoms with Crippen molar-refractivity contribution in [1.82, 2.24) is 15.3 Å². The van der Waals surface area contributed by atoms with Crippen molar-refractivity contribution in [2.45, 2.75) is 19.3 Å². The number of benzene rings is 1. The molecule has 1 heterocycles. The molecule has 0 radical (unpaired) electrons.